The van der Waals surface area contributed by atoms with Gasteiger partial charge in [-0.1, -0.05) is 26.7 Å². The molecule has 1 fully saturated rings. The van der Waals surface area contributed by atoms with E-state index in [4.69, 9.17) is 5.73 Å². The molecule has 1 aliphatic rings. The highest BCUT2D eigenvalue weighted by molar-refractivity contribution is 4.73. The number of nitrogens with two attached hydrogens (primary N) is 1. The normalized spacial score (nSPS) is 31.0. The second-order valence-electron chi connectivity index (χ2n) is 4.75. The largest absolute Gasteiger partial charge is 0.330 e. The maximum Gasteiger partial charge on any atom is -0.00489 e. The maximum absolute atomic E-state index is 5.65. The molecule has 1 saturated carbocycles. The fourth-order valence-electron chi connectivity index (χ4n) is 2.37. The molecule has 0 aliphatic heterocycles. The third-order valence-electron chi connectivity index (χ3n) is 3.10. The first-order valence-electron chi connectivity index (χ1n) is 5.42. The van der Waals surface area contributed by atoms with Gasteiger partial charge >= 0.3 is 0 Å². The van der Waals surface area contributed by atoms with Crippen LogP contribution in [-0.4, -0.2) is 6.54 Å². The Labute approximate surface area is 76.7 Å². The van der Waals surface area contributed by atoms with Crippen LogP contribution in [-0.2, 0) is 0 Å². The maximum atomic E-state index is 5.65. The minimum Gasteiger partial charge on any atom is -0.330 e. The van der Waals surface area contributed by atoms with Crippen LogP contribution < -0.4 is 5.73 Å². The van der Waals surface area contributed by atoms with E-state index in [1.165, 1.54) is 32.1 Å². The predicted octanol–water partition coefficient (Wildman–Crippen LogP) is 2.80. The van der Waals surface area contributed by atoms with Crippen molar-refractivity contribution < 1.29 is 0 Å². The Bertz CT molecular complexity index is 112. The third kappa shape index (κ3) is 3.14. The van der Waals surface area contributed by atoms with Gasteiger partial charge < -0.3 is 5.73 Å². The van der Waals surface area contributed by atoms with E-state index < -0.39 is 0 Å². The summed E-state index contributed by atoms with van der Waals surface area (Å²) in [6, 6.07) is 0. The summed E-state index contributed by atoms with van der Waals surface area (Å²) in [7, 11) is 0. The molecule has 0 atom stereocenters. The summed E-state index contributed by atoms with van der Waals surface area (Å²) in [6.07, 6.45) is 7.05. The van der Waals surface area contributed by atoms with E-state index in [1.54, 1.807) is 0 Å². The molecule has 2 N–H and O–H groups in total. The lowest BCUT2D eigenvalue weighted by Gasteiger charge is -2.28. The third-order valence-corrected chi connectivity index (χ3v) is 3.10. The van der Waals surface area contributed by atoms with E-state index in [-0.39, 0.29) is 0 Å². The number of rotatable bonds is 3. The molecule has 0 aromatic rings. The standard InChI is InChI=1S/C11H23N/c1-9(2)7-10-3-5-11(8-12)6-4-10/h9-11H,3-8,12H2,1-2H3. The average Bonchev–Trinajstić information content (AvgIpc) is 2.05. The molecule has 72 valence electrons. The zero-order chi connectivity index (χ0) is 8.97. The van der Waals surface area contributed by atoms with Gasteiger partial charge in [0.2, 0.25) is 0 Å². The Morgan fingerprint density at radius 1 is 1.08 bits per heavy atom. The van der Waals surface area contributed by atoms with Crippen LogP contribution in [0.4, 0.5) is 0 Å². The van der Waals surface area contributed by atoms with Crippen LogP contribution in [0.2, 0.25) is 0 Å². The van der Waals surface area contributed by atoms with Crippen LogP contribution in [0.5, 0.6) is 0 Å². The molecule has 0 spiro atoms. The molecule has 0 unspecified atom stereocenters. The van der Waals surface area contributed by atoms with E-state index >= 15 is 0 Å². The van der Waals surface area contributed by atoms with Gasteiger partial charge in [-0.15, -0.1) is 0 Å². The van der Waals surface area contributed by atoms with E-state index in [1.807, 2.05) is 0 Å². The van der Waals surface area contributed by atoms with Gasteiger partial charge in [-0.25, -0.2) is 0 Å². The first kappa shape index (κ1) is 10.0. The topological polar surface area (TPSA) is 26.0 Å². The zero-order valence-electron chi connectivity index (χ0n) is 8.55. The highest BCUT2D eigenvalue weighted by atomic mass is 14.5. The summed E-state index contributed by atoms with van der Waals surface area (Å²) in [5.41, 5.74) is 5.65. The van der Waals surface area contributed by atoms with E-state index in [0.29, 0.717) is 0 Å². The molecule has 0 aromatic heterocycles. The number of hydrogen-bond acceptors (Lipinski definition) is 1. The fraction of sp³-hybridized carbons (Fsp3) is 1.00. The van der Waals surface area contributed by atoms with Crippen LogP contribution in [0.15, 0.2) is 0 Å². The van der Waals surface area contributed by atoms with Crippen LogP contribution in [0.3, 0.4) is 0 Å². The van der Waals surface area contributed by atoms with Gasteiger partial charge in [0.05, 0.1) is 0 Å². The summed E-state index contributed by atoms with van der Waals surface area (Å²) in [4.78, 5) is 0. The summed E-state index contributed by atoms with van der Waals surface area (Å²) in [5.74, 6) is 2.73. The summed E-state index contributed by atoms with van der Waals surface area (Å²) in [5, 5.41) is 0. The highest BCUT2D eigenvalue weighted by Gasteiger charge is 2.20. The zero-order valence-corrected chi connectivity index (χ0v) is 8.55. The van der Waals surface area contributed by atoms with Crippen molar-refractivity contribution in [3.8, 4) is 0 Å². The molecule has 0 aromatic carbocycles. The van der Waals surface area contributed by atoms with E-state index in [9.17, 15) is 0 Å². The molecule has 1 heteroatoms. The lowest BCUT2D eigenvalue weighted by molar-refractivity contribution is 0.249. The van der Waals surface area contributed by atoms with Crippen LogP contribution in [0.25, 0.3) is 0 Å². The monoisotopic (exact) mass is 169 g/mol. The van der Waals surface area contributed by atoms with Crippen molar-refractivity contribution in [2.75, 3.05) is 6.54 Å². The molecular formula is C11H23N. The van der Waals surface area contributed by atoms with Gasteiger partial charge in [-0.3, -0.25) is 0 Å². The first-order chi connectivity index (χ1) is 5.72. The highest BCUT2D eigenvalue weighted by Crippen LogP contribution is 2.31. The van der Waals surface area contributed by atoms with Crippen molar-refractivity contribution in [1.29, 1.82) is 0 Å². The van der Waals surface area contributed by atoms with Crippen LogP contribution in [0.1, 0.15) is 46.0 Å². The Hall–Kier alpha value is -0.0400. The predicted molar refractivity (Wildman–Crippen MR) is 54.0 cm³/mol. The van der Waals surface area contributed by atoms with Gasteiger partial charge in [0.25, 0.3) is 0 Å². The smallest absolute Gasteiger partial charge is 0.00489 e. The second kappa shape index (κ2) is 4.86. The Morgan fingerprint density at radius 2 is 1.58 bits per heavy atom. The minimum atomic E-state index is 0.841. The molecule has 12 heavy (non-hydrogen) atoms. The van der Waals surface area contributed by atoms with Crippen molar-refractivity contribution in [3.05, 3.63) is 0 Å². The van der Waals surface area contributed by atoms with Gasteiger partial charge in [0.15, 0.2) is 0 Å². The van der Waals surface area contributed by atoms with Gasteiger partial charge in [0, 0.05) is 0 Å². The van der Waals surface area contributed by atoms with Gasteiger partial charge in [-0.2, -0.15) is 0 Å². The molecule has 1 aliphatic carbocycles. The summed E-state index contributed by atoms with van der Waals surface area (Å²) in [6.45, 7) is 5.57. The summed E-state index contributed by atoms with van der Waals surface area (Å²) >= 11 is 0. The molecule has 0 amide bonds. The second-order valence-corrected chi connectivity index (χ2v) is 4.75. The van der Waals surface area contributed by atoms with Crippen molar-refractivity contribution in [3.63, 3.8) is 0 Å². The Kier molecular flexibility index (Phi) is 4.07. The van der Waals surface area contributed by atoms with Gasteiger partial charge in [0.1, 0.15) is 0 Å². The lowest BCUT2D eigenvalue weighted by Crippen LogP contribution is -2.22. The van der Waals surface area contributed by atoms with Crippen molar-refractivity contribution in [1.82, 2.24) is 0 Å². The molecule has 0 bridgehead atoms. The van der Waals surface area contributed by atoms with E-state index in [0.717, 1.165) is 24.3 Å². The number of hydrogen-bond donors (Lipinski definition) is 1. The van der Waals surface area contributed by atoms with Gasteiger partial charge in [-0.05, 0) is 43.6 Å². The van der Waals surface area contributed by atoms with E-state index in [2.05, 4.69) is 13.8 Å². The Balaban J connectivity index is 2.17. The molecule has 0 radical (unpaired) electrons. The van der Waals surface area contributed by atoms with Crippen LogP contribution >= 0.6 is 0 Å². The molecule has 1 rings (SSSR count). The van der Waals surface area contributed by atoms with Crippen molar-refractivity contribution in [2.24, 2.45) is 23.5 Å². The fourth-order valence-corrected chi connectivity index (χ4v) is 2.37. The molecule has 1 nitrogen and oxygen atoms in total. The SMILES string of the molecule is CC(C)CC1CCC(CN)CC1. The lowest BCUT2D eigenvalue weighted by atomic mass is 9.78. The molecule has 0 heterocycles. The minimum absolute atomic E-state index is 0.841. The average molecular weight is 169 g/mol. The summed E-state index contributed by atoms with van der Waals surface area (Å²) < 4.78 is 0. The van der Waals surface area contributed by atoms with Crippen LogP contribution in [0, 0.1) is 17.8 Å². The van der Waals surface area contributed by atoms with Crippen molar-refractivity contribution >= 4 is 0 Å². The van der Waals surface area contributed by atoms with Crippen molar-refractivity contribution in [2.45, 2.75) is 46.0 Å². The quantitative estimate of drug-likeness (QED) is 0.690. The molecular weight excluding hydrogens is 146 g/mol. The molecule has 0 saturated heterocycles. The Morgan fingerprint density at radius 3 is 2.00 bits per heavy atom. The first-order valence-corrected chi connectivity index (χ1v) is 5.42.